The fourth-order valence-corrected chi connectivity index (χ4v) is 7.82. The Kier molecular flexibility index (Phi) is 4.89. The van der Waals surface area contributed by atoms with Gasteiger partial charge in [0.05, 0.1) is 12.5 Å². The van der Waals surface area contributed by atoms with Crippen molar-refractivity contribution in [3.63, 3.8) is 0 Å². The predicted molar refractivity (Wildman–Crippen MR) is 107 cm³/mol. The standard InChI is InChI=1S/C23H36O7/c1-12(2)22(27)10-7-13-15-17(22)30-18(25)16(24)23(15,28)11-14-20(13,3)8-6-9-21(14,4)19(26)29-5/h12-17,24,27-28H,6-11H2,1-5H3/t13-,14+,15+,16-,17-,20+,21+,22-,23+/m0/s1. The molecule has 0 aromatic heterocycles. The fourth-order valence-electron chi connectivity index (χ4n) is 7.82. The van der Waals surface area contributed by atoms with E-state index in [4.69, 9.17) is 9.47 Å². The average Bonchev–Trinajstić information content (AvgIpc) is 2.69. The number of esters is 2. The number of aliphatic hydroxyl groups is 3. The zero-order chi connectivity index (χ0) is 22.3. The van der Waals surface area contributed by atoms with Crippen LogP contribution in [0.1, 0.15) is 66.2 Å². The van der Waals surface area contributed by atoms with E-state index in [-0.39, 0.29) is 35.6 Å². The second-order valence-electron chi connectivity index (χ2n) is 11.1. The van der Waals surface area contributed by atoms with Crippen LogP contribution < -0.4 is 0 Å². The van der Waals surface area contributed by atoms with Gasteiger partial charge in [0.25, 0.3) is 0 Å². The maximum atomic E-state index is 12.9. The number of aliphatic hydroxyl groups excluding tert-OH is 1. The van der Waals surface area contributed by atoms with Gasteiger partial charge in [-0.1, -0.05) is 27.2 Å². The van der Waals surface area contributed by atoms with Crippen LogP contribution in [-0.4, -0.2) is 57.8 Å². The molecule has 170 valence electrons. The van der Waals surface area contributed by atoms with Gasteiger partial charge >= 0.3 is 11.9 Å². The van der Waals surface area contributed by atoms with E-state index in [0.717, 1.165) is 12.8 Å². The first kappa shape index (κ1) is 22.0. The zero-order valence-corrected chi connectivity index (χ0v) is 18.7. The van der Waals surface area contributed by atoms with Gasteiger partial charge in [-0.15, -0.1) is 0 Å². The molecule has 0 aromatic rings. The van der Waals surface area contributed by atoms with Gasteiger partial charge in [0, 0.05) is 5.92 Å². The van der Waals surface area contributed by atoms with Crippen LogP contribution >= 0.6 is 0 Å². The van der Waals surface area contributed by atoms with E-state index in [0.29, 0.717) is 19.3 Å². The van der Waals surface area contributed by atoms with Crippen LogP contribution in [0.25, 0.3) is 0 Å². The Bertz CT molecular complexity index is 752. The quantitative estimate of drug-likeness (QED) is 0.579. The number of methoxy groups -OCH3 is 1. The number of fused-ring (bicyclic) bond motifs is 2. The van der Waals surface area contributed by atoms with Crippen molar-refractivity contribution in [2.75, 3.05) is 7.11 Å². The number of hydrogen-bond acceptors (Lipinski definition) is 7. The van der Waals surface area contributed by atoms with Crippen molar-refractivity contribution in [1.82, 2.24) is 0 Å². The molecule has 7 heteroatoms. The number of hydrogen-bond donors (Lipinski definition) is 3. The summed E-state index contributed by atoms with van der Waals surface area (Å²) in [5, 5.41) is 34.2. The van der Waals surface area contributed by atoms with Gasteiger partial charge in [0.1, 0.15) is 17.3 Å². The minimum Gasteiger partial charge on any atom is -0.469 e. The van der Waals surface area contributed by atoms with Gasteiger partial charge in [0.2, 0.25) is 0 Å². The molecule has 9 atom stereocenters. The van der Waals surface area contributed by atoms with E-state index in [1.807, 2.05) is 20.8 Å². The lowest BCUT2D eigenvalue weighted by Crippen LogP contribution is -2.77. The number of carbonyl (C=O) groups excluding carboxylic acids is 2. The average molecular weight is 425 g/mol. The van der Waals surface area contributed by atoms with Crippen LogP contribution in [0.3, 0.4) is 0 Å². The molecule has 0 radical (unpaired) electrons. The minimum atomic E-state index is -1.75. The highest BCUT2D eigenvalue weighted by Crippen LogP contribution is 2.68. The van der Waals surface area contributed by atoms with E-state index in [1.165, 1.54) is 7.11 Å². The van der Waals surface area contributed by atoms with Gasteiger partial charge in [-0.2, -0.15) is 0 Å². The Morgan fingerprint density at radius 1 is 1.20 bits per heavy atom. The van der Waals surface area contributed by atoms with Crippen molar-refractivity contribution >= 4 is 11.9 Å². The van der Waals surface area contributed by atoms with Gasteiger partial charge in [0.15, 0.2) is 6.10 Å². The summed E-state index contributed by atoms with van der Waals surface area (Å²) < 4.78 is 10.8. The molecule has 4 rings (SSSR count). The molecule has 1 saturated heterocycles. The second kappa shape index (κ2) is 6.66. The van der Waals surface area contributed by atoms with Crippen LogP contribution in [-0.2, 0) is 19.1 Å². The van der Waals surface area contributed by atoms with Crippen LogP contribution in [0.5, 0.6) is 0 Å². The van der Waals surface area contributed by atoms with E-state index in [2.05, 4.69) is 6.92 Å². The number of carbonyl (C=O) groups is 2. The smallest absolute Gasteiger partial charge is 0.338 e. The Morgan fingerprint density at radius 2 is 1.87 bits per heavy atom. The first-order chi connectivity index (χ1) is 13.9. The maximum absolute atomic E-state index is 12.9. The van der Waals surface area contributed by atoms with Crippen molar-refractivity contribution in [3.05, 3.63) is 0 Å². The summed E-state index contributed by atoms with van der Waals surface area (Å²) in [5.74, 6) is -2.28. The predicted octanol–water partition coefficient (Wildman–Crippen LogP) is 1.81. The SMILES string of the molecule is COC(=O)[C@]1(C)CCC[C@@]2(C)[C@H]1C[C@@]1(O)[C@@H]3[C@@H]2CC[C@](O)(C(C)C)[C@H]3OC(=O)[C@@H]1O. The molecule has 3 aliphatic carbocycles. The molecule has 0 amide bonds. The Balaban J connectivity index is 1.87. The van der Waals surface area contributed by atoms with E-state index in [1.54, 1.807) is 0 Å². The summed E-state index contributed by atoms with van der Waals surface area (Å²) in [6.07, 6.45) is 1.04. The summed E-state index contributed by atoms with van der Waals surface area (Å²) in [7, 11) is 1.38. The summed E-state index contributed by atoms with van der Waals surface area (Å²) in [6, 6.07) is 0. The molecular formula is C23H36O7. The monoisotopic (exact) mass is 424 g/mol. The number of rotatable bonds is 2. The third kappa shape index (κ3) is 2.54. The normalized spacial score (nSPS) is 52.8. The van der Waals surface area contributed by atoms with Gasteiger partial charge in [-0.25, -0.2) is 4.79 Å². The second-order valence-corrected chi connectivity index (χ2v) is 11.1. The summed E-state index contributed by atoms with van der Waals surface area (Å²) in [5.41, 5.74) is -4.10. The van der Waals surface area contributed by atoms with E-state index < -0.39 is 40.7 Å². The number of ether oxygens (including phenoxy) is 2. The van der Waals surface area contributed by atoms with Gasteiger partial charge < -0.3 is 24.8 Å². The topological polar surface area (TPSA) is 113 Å². The van der Waals surface area contributed by atoms with Gasteiger partial charge in [-0.05, 0) is 62.2 Å². The molecule has 7 nitrogen and oxygen atoms in total. The summed E-state index contributed by atoms with van der Waals surface area (Å²) in [4.78, 5) is 25.5. The Morgan fingerprint density at radius 3 is 2.47 bits per heavy atom. The van der Waals surface area contributed by atoms with Crippen LogP contribution in [0, 0.1) is 34.5 Å². The molecule has 4 aliphatic rings. The molecule has 0 unspecified atom stereocenters. The fraction of sp³-hybridized carbons (Fsp3) is 0.913. The molecule has 3 saturated carbocycles. The molecule has 0 bridgehead atoms. The highest BCUT2D eigenvalue weighted by molar-refractivity contribution is 5.79. The molecule has 3 N–H and O–H groups in total. The summed E-state index contributed by atoms with van der Waals surface area (Å²) in [6.45, 7) is 7.84. The summed E-state index contributed by atoms with van der Waals surface area (Å²) >= 11 is 0. The van der Waals surface area contributed by atoms with Crippen molar-refractivity contribution in [2.45, 2.75) is 89.6 Å². The van der Waals surface area contributed by atoms with Crippen molar-refractivity contribution in [2.24, 2.45) is 34.5 Å². The highest BCUT2D eigenvalue weighted by Gasteiger charge is 2.74. The van der Waals surface area contributed by atoms with Crippen LogP contribution in [0.15, 0.2) is 0 Å². The lowest BCUT2D eigenvalue weighted by atomic mass is 9.39. The van der Waals surface area contributed by atoms with Gasteiger partial charge in [-0.3, -0.25) is 4.79 Å². The maximum Gasteiger partial charge on any atom is 0.338 e. The Hall–Kier alpha value is -1.18. The third-order valence-corrected chi connectivity index (χ3v) is 9.63. The molecule has 1 heterocycles. The van der Waals surface area contributed by atoms with Crippen LogP contribution in [0.4, 0.5) is 0 Å². The lowest BCUT2D eigenvalue weighted by Gasteiger charge is -2.68. The Labute approximate surface area is 178 Å². The molecule has 4 fully saturated rings. The minimum absolute atomic E-state index is 0.0858. The van der Waals surface area contributed by atoms with Crippen molar-refractivity contribution < 1.29 is 34.4 Å². The lowest BCUT2D eigenvalue weighted by molar-refractivity contribution is -0.315. The molecule has 0 spiro atoms. The first-order valence-corrected chi connectivity index (χ1v) is 11.3. The van der Waals surface area contributed by atoms with Crippen molar-refractivity contribution in [1.29, 1.82) is 0 Å². The van der Waals surface area contributed by atoms with Crippen LogP contribution in [0.2, 0.25) is 0 Å². The molecule has 0 aromatic carbocycles. The van der Waals surface area contributed by atoms with E-state index >= 15 is 0 Å². The molecular weight excluding hydrogens is 388 g/mol. The largest absolute Gasteiger partial charge is 0.469 e. The highest BCUT2D eigenvalue weighted by atomic mass is 16.6. The van der Waals surface area contributed by atoms with E-state index in [9.17, 15) is 24.9 Å². The molecule has 30 heavy (non-hydrogen) atoms. The first-order valence-electron chi connectivity index (χ1n) is 11.3. The third-order valence-electron chi connectivity index (χ3n) is 9.63. The molecule has 1 aliphatic heterocycles. The zero-order valence-electron chi connectivity index (χ0n) is 18.7. The van der Waals surface area contributed by atoms with Crippen molar-refractivity contribution in [3.8, 4) is 0 Å².